The Kier molecular flexibility index (Phi) is 15.0. The zero-order valence-electron chi connectivity index (χ0n) is 30.2. The summed E-state index contributed by atoms with van der Waals surface area (Å²) in [5, 5.41) is 5.74. The summed E-state index contributed by atoms with van der Waals surface area (Å²) < 4.78 is 21.8. The van der Waals surface area contributed by atoms with E-state index in [-0.39, 0.29) is 24.6 Å². The van der Waals surface area contributed by atoms with E-state index in [1.165, 1.54) is 17.0 Å². The number of amides is 2. The maximum absolute atomic E-state index is 13.1. The zero-order chi connectivity index (χ0) is 37.5. The summed E-state index contributed by atoms with van der Waals surface area (Å²) in [5.41, 5.74) is 1.60. The van der Waals surface area contributed by atoms with E-state index in [0.29, 0.717) is 58.4 Å². The summed E-state index contributed by atoms with van der Waals surface area (Å²) >= 11 is 4.08. The van der Waals surface area contributed by atoms with Gasteiger partial charge in [-0.25, -0.2) is 14.6 Å². The van der Waals surface area contributed by atoms with Crippen molar-refractivity contribution in [2.45, 2.75) is 89.9 Å². The Morgan fingerprint density at radius 3 is 2.37 bits per heavy atom. The van der Waals surface area contributed by atoms with Gasteiger partial charge < -0.3 is 29.4 Å². The number of H-pyrrole nitrogens is 1. The molecule has 0 spiro atoms. The highest BCUT2D eigenvalue weighted by Crippen LogP contribution is 2.43. The van der Waals surface area contributed by atoms with E-state index in [1.807, 2.05) is 47.7 Å². The fourth-order valence-electron chi connectivity index (χ4n) is 6.98. The lowest BCUT2D eigenvalue weighted by molar-refractivity contribution is -0.0465. The number of alkyl carbamates (subject to hydrolysis) is 1. The maximum atomic E-state index is 13.1. The van der Waals surface area contributed by atoms with Crippen LogP contribution in [0.5, 0.6) is 0 Å². The first-order valence-electron chi connectivity index (χ1n) is 17.3. The highest BCUT2D eigenvalue weighted by molar-refractivity contribution is 14.1. The third kappa shape index (κ3) is 10.4. The Labute approximate surface area is 326 Å². The molecule has 2 amide bonds. The molecule has 0 bridgehead atoms. The van der Waals surface area contributed by atoms with Crippen LogP contribution in [0.4, 0.5) is 4.79 Å². The number of aromatic nitrogens is 4. The minimum atomic E-state index is -2.27. The summed E-state index contributed by atoms with van der Waals surface area (Å²) in [6.45, 7) is 17.9. The molecule has 1 saturated heterocycles. The molecule has 17 heteroatoms. The van der Waals surface area contributed by atoms with Crippen LogP contribution < -0.4 is 21.9 Å². The third-order valence-electron chi connectivity index (χ3n) is 9.47. The van der Waals surface area contributed by atoms with Crippen LogP contribution in [0.3, 0.4) is 0 Å². The molecule has 280 valence electrons. The number of hydrogen-bond acceptors (Lipinski definition) is 10. The number of nitrogens with zero attached hydrogens (tertiary/aromatic N) is 4. The summed E-state index contributed by atoms with van der Waals surface area (Å²) in [7, 11) is -2.27. The molecule has 0 aliphatic carbocycles. The fourth-order valence-corrected chi connectivity index (χ4v) is 13.3. The van der Waals surface area contributed by atoms with Gasteiger partial charge in [-0.15, -0.1) is 0 Å². The molecule has 0 saturated carbocycles. The number of carbonyl (C=O) groups excluding carboxylic acids is 2. The first-order valence-corrected chi connectivity index (χ1v) is 21.6. The number of benzene rings is 1. The number of likely N-dealkylation sites (N-methyl/N-ethyl adjacent to an activating group) is 1. The van der Waals surface area contributed by atoms with Crippen molar-refractivity contribution in [2.24, 2.45) is 0 Å². The summed E-state index contributed by atoms with van der Waals surface area (Å²) in [5.74, 6) is -0.301. The second-order valence-electron chi connectivity index (χ2n) is 13.6. The average Bonchev–Trinajstić information content (AvgIpc) is 3.46. The van der Waals surface area contributed by atoms with Gasteiger partial charge in [-0.05, 0) is 86.5 Å². The second-order valence-corrected chi connectivity index (χ2v) is 21.5. The van der Waals surface area contributed by atoms with Gasteiger partial charge in [0.2, 0.25) is 0 Å². The van der Waals surface area contributed by atoms with Crippen LogP contribution in [0, 0.1) is 7.14 Å². The number of nitrogens with one attached hydrogen (secondary N) is 3. The normalized spacial score (nSPS) is 17.9. The minimum Gasteiger partial charge on any atom is -0.443 e. The molecule has 1 aliphatic rings. The van der Waals surface area contributed by atoms with E-state index >= 15 is 0 Å². The van der Waals surface area contributed by atoms with Gasteiger partial charge >= 0.3 is 11.8 Å². The largest absolute Gasteiger partial charge is 0.443 e. The lowest BCUT2D eigenvalue weighted by atomic mass is 10.2. The Bertz CT molecular complexity index is 1770. The van der Waals surface area contributed by atoms with E-state index in [4.69, 9.17) is 13.9 Å². The number of fused-ring (bicyclic) bond motifs is 1. The standard InChI is InChI=1S/C34H49I2N7O7Si/c1-8-42(13-11-37-32(45)27-17-39-26-15-23(35)9-10-25(26)40-27)14-12-38-34(47)50-28-16-30(43-18-24(36)31(44)41-33(43)46)49-29(28)19-48-51(20(2)3,21(4)5)22(6)7/h9-10,15,17-18,20-22,28-30H,8,11-14,16,19H2,1-7H3,(H,37,45)(H,38,47)(H,41,44,46)/t28-,29+,30+/m0/s1. The van der Waals surface area contributed by atoms with Crippen LogP contribution in [0.15, 0.2) is 40.2 Å². The van der Waals surface area contributed by atoms with Crippen molar-refractivity contribution in [2.75, 3.05) is 39.3 Å². The van der Waals surface area contributed by atoms with E-state index in [1.54, 1.807) is 0 Å². The number of hydrogen-bond donors (Lipinski definition) is 3. The molecule has 51 heavy (non-hydrogen) atoms. The van der Waals surface area contributed by atoms with Gasteiger partial charge in [0.25, 0.3) is 11.5 Å². The van der Waals surface area contributed by atoms with Crippen LogP contribution >= 0.6 is 45.2 Å². The molecular formula is C34H49I2N7O7Si. The summed E-state index contributed by atoms with van der Waals surface area (Å²) in [6.07, 6.45) is 0.483. The van der Waals surface area contributed by atoms with Gasteiger partial charge in [0.15, 0.2) is 8.32 Å². The van der Waals surface area contributed by atoms with Crippen molar-refractivity contribution >= 4 is 76.5 Å². The van der Waals surface area contributed by atoms with Crippen molar-refractivity contribution < 1.29 is 23.5 Å². The average molecular weight is 950 g/mol. The molecule has 3 N–H and O–H groups in total. The van der Waals surface area contributed by atoms with E-state index in [2.05, 4.69) is 94.6 Å². The summed E-state index contributed by atoms with van der Waals surface area (Å²) in [6, 6.07) is 5.68. The molecule has 4 rings (SSSR count). The Hall–Kier alpha value is -2.46. The van der Waals surface area contributed by atoms with Crippen LogP contribution in [-0.2, 0) is 13.9 Å². The molecular weight excluding hydrogens is 900 g/mol. The predicted octanol–water partition coefficient (Wildman–Crippen LogP) is 5.02. The Morgan fingerprint density at radius 2 is 1.73 bits per heavy atom. The number of halogens is 2. The minimum absolute atomic E-state index is 0.212. The summed E-state index contributed by atoms with van der Waals surface area (Å²) in [4.78, 5) is 63.8. The van der Waals surface area contributed by atoms with E-state index < -0.39 is 44.1 Å². The third-order valence-corrected chi connectivity index (χ3v) is 17.0. The monoisotopic (exact) mass is 949 g/mol. The van der Waals surface area contributed by atoms with Gasteiger partial charge in [-0.3, -0.25) is 24.1 Å². The first-order chi connectivity index (χ1) is 24.2. The van der Waals surface area contributed by atoms with Crippen molar-refractivity contribution in [1.82, 2.24) is 35.1 Å². The molecule has 1 aromatic carbocycles. The molecule has 2 aromatic heterocycles. The Morgan fingerprint density at radius 1 is 1.06 bits per heavy atom. The predicted molar refractivity (Wildman–Crippen MR) is 215 cm³/mol. The van der Waals surface area contributed by atoms with Crippen molar-refractivity contribution in [3.05, 3.63) is 64.3 Å². The molecule has 0 unspecified atom stereocenters. The highest BCUT2D eigenvalue weighted by atomic mass is 127. The fraction of sp³-hybridized carbons (Fsp3) is 0.588. The van der Waals surface area contributed by atoms with Crippen LogP contribution in [0.2, 0.25) is 16.6 Å². The molecule has 14 nitrogen and oxygen atoms in total. The quantitative estimate of drug-likeness (QED) is 0.131. The molecule has 3 heterocycles. The number of rotatable bonds is 16. The van der Waals surface area contributed by atoms with Crippen LogP contribution in [-0.4, -0.2) is 96.3 Å². The first kappa shape index (κ1) is 41.3. The van der Waals surface area contributed by atoms with Gasteiger partial charge in [-0.2, -0.15) is 0 Å². The van der Waals surface area contributed by atoms with Gasteiger partial charge in [0, 0.05) is 42.4 Å². The maximum Gasteiger partial charge on any atom is 0.407 e. The topological polar surface area (TPSA) is 170 Å². The smallest absolute Gasteiger partial charge is 0.407 e. The number of carbonyl (C=O) groups is 2. The molecule has 1 fully saturated rings. The van der Waals surface area contributed by atoms with Crippen molar-refractivity contribution in [1.29, 1.82) is 0 Å². The van der Waals surface area contributed by atoms with Gasteiger partial charge in [0.05, 0.1) is 27.4 Å². The molecule has 1 aliphatic heterocycles. The van der Waals surface area contributed by atoms with E-state index in [0.717, 1.165) is 9.09 Å². The van der Waals surface area contributed by atoms with Gasteiger partial charge in [-0.1, -0.05) is 48.5 Å². The van der Waals surface area contributed by atoms with E-state index in [9.17, 15) is 19.2 Å². The van der Waals surface area contributed by atoms with Crippen molar-refractivity contribution in [3.8, 4) is 0 Å². The molecule has 3 atom stereocenters. The number of aromatic amines is 1. The second kappa shape index (κ2) is 18.5. The SMILES string of the molecule is CCN(CCNC(=O)O[C@H]1C[C@H](n2cc(I)c(=O)[nH]c2=O)O[C@@H]1CO[Si](C(C)C)(C(C)C)C(C)C)CCNC(=O)c1cnc2cc(I)ccc2n1. The molecule has 0 radical (unpaired) electrons. The lowest BCUT2D eigenvalue weighted by Crippen LogP contribution is -2.50. The highest BCUT2D eigenvalue weighted by Gasteiger charge is 2.47. The van der Waals surface area contributed by atoms with Crippen LogP contribution in [0.25, 0.3) is 11.0 Å². The Balaban J connectivity index is 1.33. The zero-order valence-corrected chi connectivity index (χ0v) is 35.5. The van der Waals surface area contributed by atoms with Crippen molar-refractivity contribution in [3.63, 3.8) is 0 Å². The van der Waals surface area contributed by atoms with Crippen LogP contribution in [0.1, 0.15) is 71.6 Å². The number of ether oxygens (including phenoxy) is 2. The van der Waals surface area contributed by atoms with Gasteiger partial charge in [0.1, 0.15) is 24.1 Å². The lowest BCUT2D eigenvalue weighted by Gasteiger charge is -2.42. The molecule has 3 aromatic rings.